The average molecular weight is 276 g/mol. The van der Waals surface area contributed by atoms with Gasteiger partial charge in [-0.1, -0.05) is 0 Å². The second-order valence-corrected chi connectivity index (χ2v) is 4.05. The molecule has 1 rings (SSSR count). The van der Waals surface area contributed by atoms with Crippen LogP contribution in [-0.4, -0.2) is 37.7 Å². The largest absolute Gasteiger partial charge is 0.495 e. The molecule has 0 aromatic heterocycles. The second-order valence-electron chi connectivity index (χ2n) is 4.05. The highest BCUT2D eigenvalue weighted by Gasteiger charge is 2.28. The minimum atomic E-state index is -4.28. The molecule has 0 aliphatic carbocycles. The van der Waals surface area contributed by atoms with Gasteiger partial charge in [-0.05, 0) is 18.2 Å². The molecule has 0 spiro atoms. The molecule has 0 unspecified atom stereocenters. The first-order valence-electron chi connectivity index (χ1n) is 5.50. The molecule has 0 saturated heterocycles. The molecule has 4 nitrogen and oxygen atoms in total. The maximum absolute atomic E-state index is 12.1. The Morgan fingerprint density at radius 2 is 2.05 bits per heavy atom. The monoisotopic (exact) mass is 276 g/mol. The van der Waals surface area contributed by atoms with Gasteiger partial charge in [0.25, 0.3) is 5.91 Å². The van der Waals surface area contributed by atoms with E-state index < -0.39 is 25.0 Å². The maximum Gasteiger partial charge on any atom is 0.390 e. The molecule has 7 heteroatoms. The van der Waals surface area contributed by atoms with Crippen LogP contribution in [-0.2, 0) is 0 Å². The lowest BCUT2D eigenvalue weighted by Crippen LogP contribution is -2.30. The minimum Gasteiger partial charge on any atom is -0.495 e. The summed E-state index contributed by atoms with van der Waals surface area (Å²) in [5, 5.41) is 0. The minimum absolute atomic E-state index is 0.232. The first-order valence-corrected chi connectivity index (χ1v) is 5.50. The molecular formula is C12H15F3N2O2. The van der Waals surface area contributed by atoms with Crippen molar-refractivity contribution in [1.29, 1.82) is 0 Å². The van der Waals surface area contributed by atoms with Crippen molar-refractivity contribution in [1.82, 2.24) is 4.90 Å². The van der Waals surface area contributed by atoms with E-state index in [1.54, 1.807) is 0 Å². The predicted octanol–water partition coefficient (Wildman–Crippen LogP) is 2.30. The third-order valence-corrected chi connectivity index (χ3v) is 2.56. The molecule has 0 heterocycles. The Morgan fingerprint density at radius 1 is 1.42 bits per heavy atom. The van der Waals surface area contributed by atoms with E-state index in [2.05, 4.69) is 0 Å². The molecule has 0 atom stereocenters. The van der Waals surface area contributed by atoms with Crippen LogP contribution in [0.2, 0.25) is 0 Å². The fourth-order valence-corrected chi connectivity index (χ4v) is 1.46. The van der Waals surface area contributed by atoms with Crippen LogP contribution in [0.25, 0.3) is 0 Å². The van der Waals surface area contributed by atoms with Crippen LogP contribution in [0.1, 0.15) is 16.8 Å². The summed E-state index contributed by atoms with van der Waals surface area (Å²) in [6.07, 6.45) is -5.32. The van der Waals surface area contributed by atoms with Crippen LogP contribution in [0.15, 0.2) is 18.2 Å². The number of carbonyl (C=O) groups excluding carboxylic acids is 1. The summed E-state index contributed by atoms with van der Waals surface area (Å²) in [7, 11) is 2.71. The van der Waals surface area contributed by atoms with Gasteiger partial charge in [0.2, 0.25) is 0 Å². The highest BCUT2D eigenvalue weighted by atomic mass is 19.4. The van der Waals surface area contributed by atoms with Crippen molar-refractivity contribution in [2.45, 2.75) is 12.6 Å². The van der Waals surface area contributed by atoms with Gasteiger partial charge >= 0.3 is 6.18 Å². The lowest BCUT2D eigenvalue weighted by molar-refractivity contribution is -0.136. The number of rotatable bonds is 4. The summed E-state index contributed by atoms with van der Waals surface area (Å²) in [4.78, 5) is 12.9. The van der Waals surface area contributed by atoms with E-state index in [4.69, 9.17) is 10.5 Å². The first-order chi connectivity index (χ1) is 8.74. The van der Waals surface area contributed by atoms with Crippen molar-refractivity contribution in [3.8, 4) is 5.75 Å². The number of methoxy groups -OCH3 is 1. The maximum atomic E-state index is 12.1. The molecular weight excluding hydrogens is 261 g/mol. The Morgan fingerprint density at radius 3 is 2.58 bits per heavy atom. The number of nitrogen functional groups attached to an aromatic ring is 1. The zero-order valence-corrected chi connectivity index (χ0v) is 10.6. The molecule has 0 aliphatic rings. The molecule has 0 aliphatic heterocycles. The standard InChI is InChI=1S/C12H15F3N2O2/c1-17(6-5-12(13,14)15)11(18)8-3-4-9(16)10(7-8)19-2/h3-4,7H,5-6,16H2,1-2H3. The van der Waals surface area contributed by atoms with E-state index >= 15 is 0 Å². The van der Waals surface area contributed by atoms with Crippen molar-refractivity contribution in [2.24, 2.45) is 0 Å². The Bertz CT molecular complexity index is 461. The number of hydrogen-bond acceptors (Lipinski definition) is 3. The third kappa shape index (κ3) is 4.35. The van der Waals surface area contributed by atoms with Crippen molar-refractivity contribution < 1.29 is 22.7 Å². The van der Waals surface area contributed by atoms with Crippen LogP contribution in [0, 0.1) is 0 Å². The number of ether oxygens (including phenoxy) is 1. The number of hydrogen-bond donors (Lipinski definition) is 1. The normalized spacial score (nSPS) is 11.2. The highest BCUT2D eigenvalue weighted by molar-refractivity contribution is 5.95. The fraction of sp³-hybridized carbons (Fsp3) is 0.417. The number of anilines is 1. The van der Waals surface area contributed by atoms with Crippen LogP contribution in [0.4, 0.5) is 18.9 Å². The Labute approximate surface area is 108 Å². The average Bonchev–Trinajstić information content (AvgIpc) is 2.34. The van der Waals surface area contributed by atoms with Gasteiger partial charge in [-0.2, -0.15) is 13.2 Å². The molecule has 1 aromatic rings. The van der Waals surface area contributed by atoms with Crippen LogP contribution in [0.5, 0.6) is 5.75 Å². The zero-order valence-electron chi connectivity index (χ0n) is 10.6. The van der Waals surface area contributed by atoms with Gasteiger partial charge in [-0.15, -0.1) is 0 Å². The molecule has 0 radical (unpaired) electrons. The number of amides is 1. The van der Waals surface area contributed by atoms with E-state index in [1.807, 2.05) is 0 Å². The lowest BCUT2D eigenvalue weighted by Gasteiger charge is -2.18. The first kappa shape index (κ1) is 15.1. The number of alkyl halides is 3. The Hall–Kier alpha value is -1.92. The van der Waals surface area contributed by atoms with Crippen molar-refractivity contribution in [3.63, 3.8) is 0 Å². The van der Waals surface area contributed by atoms with Crippen LogP contribution < -0.4 is 10.5 Å². The van der Waals surface area contributed by atoms with Gasteiger partial charge in [0, 0.05) is 19.2 Å². The number of carbonyl (C=O) groups is 1. The quantitative estimate of drug-likeness (QED) is 0.858. The second kappa shape index (κ2) is 5.81. The Kier molecular flexibility index (Phi) is 4.63. The van der Waals surface area contributed by atoms with Gasteiger partial charge in [0.05, 0.1) is 19.2 Å². The molecule has 2 N–H and O–H groups in total. The third-order valence-electron chi connectivity index (χ3n) is 2.56. The highest BCUT2D eigenvalue weighted by Crippen LogP contribution is 2.23. The lowest BCUT2D eigenvalue weighted by atomic mass is 10.1. The molecule has 0 fully saturated rings. The van der Waals surface area contributed by atoms with Gasteiger partial charge in [0.15, 0.2) is 0 Å². The molecule has 0 saturated carbocycles. The van der Waals surface area contributed by atoms with E-state index in [9.17, 15) is 18.0 Å². The van der Waals surface area contributed by atoms with Gasteiger partial charge in [-0.25, -0.2) is 0 Å². The molecule has 0 bridgehead atoms. The fourth-order valence-electron chi connectivity index (χ4n) is 1.46. The van der Waals surface area contributed by atoms with Gasteiger partial charge in [-0.3, -0.25) is 4.79 Å². The van der Waals surface area contributed by atoms with Gasteiger partial charge in [0.1, 0.15) is 5.75 Å². The van der Waals surface area contributed by atoms with Gasteiger partial charge < -0.3 is 15.4 Å². The van der Waals surface area contributed by atoms with Crippen LogP contribution in [0.3, 0.4) is 0 Å². The summed E-state index contributed by atoms with van der Waals surface area (Å²) in [6.45, 7) is -0.394. The van der Waals surface area contributed by atoms with Crippen molar-refractivity contribution in [2.75, 3.05) is 26.4 Å². The number of nitrogens with two attached hydrogens (primary N) is 1. The molecule has 106 valence electrons. The summed E-state index contributed by atoms with van der Waals surface area (Å²) in [6, 6.07) is 4.33. The Balaban J connectivity index is 2.77. The summed E-state index contributed by atoms with van der Waals surface area (Å²) in [5.41, 5.74) is 6.18. The topological polar surface area (TPSA) is 55.6 Å². The van der Waals surface area contributed by atoms with E-state index in [0.717, 1.165) is 4.90 Å². The smallest absolute Gasteiger partial charge is 0.390 e. The number of nitrogens with zero attached hydrogens (tertiary/aromatic N) is 1. The van der Waals surface area contributed by atoms with Crippen molar-refractivity contribution >= 4 is 11.6 Å². The molecule has 1 aromatic carbocycles. The van der Waals surface area contributed by atoms with E-state index in [-0.39, 0.29) is 5.56 Å². The van der Waals surface area contributed by atoms with Crippen molar-refractivity contribution in [3.05, 3.63) is 23.8 Å². The predicted molar refractivity (Wildman–Crippen MR) is 65.0 cm³/mol. The summed E-state index contributed by atoms with van der Waals surface area (Å²) >= 11 is 0. The number of benzene rings is 1. The number of halogens is 3. The summed E-state index contributed by atoms with van der Waals surface area (Å²) < 4.78 is 41.2. The van der Waals surface area contributed by atoms with E-state index in [0.29, 0.717) is 11.4 Å². The SMILES string of the molecule is COc1cc(C(=O)N(C)CCC(F)(F)F)ccc1N. The van der Waals surface area contributed by atoms with Crippen LogP contribution >= 0.6 is 0 Å². The zero-order chi connectivity index (χ0) is 14.6. The molecule has 1 amide bonds. The summed E-state index contributed by atoms with van der Waals surface area (Å²) in [5.74, 6) is -0.197. The van der Waals surface area contributed by atoms with E-state index in [1.165, 1.54) is 32.4 Å². The molecule has 19 heavy (non-hydrogen) atoms.